The summed E-state index contributed by atoms with van der Waals surface area (Å²) in [7, 11) is 2.08. The standard InChI is InChI=1S/C13H22N2O3/c1-14-5-2-11(10-14)12(16)15-6-3-13(4-7-15)17-8-9-18-13/h11H,2-10H2,1H3. The van der Waals surface area contributed by atoms with Crippen molar-refractivity contribution in [3.8, 4) is 0 Å². The zero-order valence-corrected chi connectivity index (χ0v) is 11.1. The number of nitrogens with zero attached hydrogens (tertiary/aromatic N) is 2. The van der Waals surface area contributed by atoms with Crippen LogP contribution in [0.4, 0.5) is 0 Å². The molecule has 5 heteroatoms. The van der Waals surface area contributed by atoms with Crippen LogP contribution >= 0.6 is 0 Å². The molecule has 0 aliphatic carbocycles. The maximum absolute atomic E-state index is 12.4. The fraction of sp³-hybridized carbons (Fsp3) is 0.923. The highest BCUT2D eigenvalue weighted by atomic mass is 16.7. The van der Waals surface area contributed by atoms with Gasteiger partial charge in [0.2, 0.25) is 5.91 Å². The maximum Gasteiger partial charge on any atom is 0.227 e. The van der Waals surface area contributed by atoms with Crippen molar-refractivity contribution in [3.63, 3.8) is 0 Å². The van der Waals surface area contributed by atoms with E-state index in [0.29, 0.717) is 19.1 Å². The Hall–Kier alpha value is -0.650. The normalized spacial score (nSPS) is 32.3. The van der Waals surface area contributed by atoms with Crippen LogP contribution in [0.1, 0.15) is 19.3 Å². The second kappa shape index (κ2) is 4.79. The van der Waals surface area contributed by atoms with E-state index < -0.39 is 0 Å². The van der Waals surface area contributed by atoms with E-state index in [9.17, 15) is 4.79 Å². The van der Waals surface area contributed by atoms with Gasteiger partial charge in [0, 0.05) is 32.5 Å². The second-order valence-corrected chi connectivity index (χ2v) is 5.68. The predicted octanol–water partition coefficient (Wildman–Crippen LogP) is 0.304. The Kier molecular flexibility index (Phi) is 3.30. The van der Waals surface area contributed by atoms with Crippen LogP contribution in [0.25, 0.3) is 0 Å². The van der Waals surface area contributed by atoms with Gasteiger partial charge in [-0.2, -0.15) is 0 Å². The molecule has 1 atom stereocenters. The van der Waals surface area contributed by atoms with E-state index in [1.165, 1.54) is 0 Å². The van der Waals surface area contributed by atoms with Gasteiger partial charge in [-0.3, -0.25) is 4.79 Å². The summed E-state index contributed by atoms with van der Waals surface area (Å²) in [5.41, 5.74) is 0. The third-order valence-corrected chi connectivity index (χ3v) is 4.39. The summed E-state index contributed by atoms with van der Waals surface area (Å²) in [5, 5.41) is 0. The fourth-order valence-corrected chi connectivity index (χ4v) is 3.25. The van der Waals surface area contributed by atoms with Crippen LogP contribution in [0.2, 0.25) is 0 Å². The van der Waals surface area contributed by atoms with Gasteiger partial charge in [0.25, 0.3) is 0 Å². The lowest BCUT2D eigenvalue weighted by molar-refractivity contribution is -0.188. The van der Waals surface area contributed by atoms with Gasteiger partial charge in [0.15, 0.2) is 5.79 Å². The summed E-state index contributed by atoms with van der Waals surface area (Å²) in [4.78, 5) is 16.6. The lowest BCUT2D eigenvalue weighted by Crippen LogP contribution is -2.49. The topological polar surface area (TPSA) is 42.0 Å². The highest BCUT2D eigenvalue weighted by Gasteiger charge is 2.42. The summed E-state index contributed by atoms with van der Waals surface area (Å²) >= 11 is 0. The van der Waals surface area contributed by atoms with Crippen LogP contribution < -0.4 is 0 Å². The van der Waals surface area contributed by atoms with E-state index in [1.54, 1.807) is 0 Å². The summed E-state index contributed by atoms with van der Waals surface area (Å²) in [5.74, 6) is 0.158. The summed E-state index contributed by atoms with van der Waals surface area (Å²) in [6.07, 6.45) is 2.65. The molecule has 5 nitrogen and oxygen atoms in total. The monoisotopic (exact) mass is 254 g/mol. The lowest BCUT2D eigenvalue weighted by atomic mass is 10.0. The number of ether oxygens (including phenoxy) is 2. The number of carbonyl (C=O) groups is 1. The Morgan fingerprint density at radius 3 is 2.39 bits per heavy atom. The molecule has 3 saturated heterocycles. The molecule has 1 spiro atoms. The van der Waals surface area contributed by atoms with E-state index in [0.717, 1.165) is 45.4 Å². The summed E-state index contributed by atoms with van der Waals surface area (Å²) < 4.78 is 11.4. The first kappa shape index (κ1) is 12.4. The minimum atomic E-state index is -0.372. The molecule has 3 aliphatic heterocycles. The van der Waals surface area contributed by atoms with Gasteiger partial charge in [-0.15, -0.1) is 0 Å². The smallest absolute Gasteiger partial charge is 0.227 e. The Labute approximate surface area is 108 Å². The fourth-order valence-electron chi connectivity index (χ4n) is 3.25. The van der Waals surface area contributed by atoms with E-state index >= 15 is 0 Å². The third-order valence-electron chi connectivity index (χ3n) is 4.39. The van der Waals surface area contributed by atoms with Crippen molar-refractivity contribution in [1.82, 2.24) is 9.80 Å². The van der Waals surface area contributed by atoms with E-state index in [1.807, 2.05) is 4.90 Å². The van der Waals surface area contributed by atoms with Gasteiger partial charge in [-0.25, -0.2) is 0 Å². The molecular formula is C13H22N2O3. The number of piperidine rings is 1. The maximum atomic E-state index is 12.4. The number of hydrogen-bond acceptors (Lipinski definition) is 4. The third kappa shape index (κ3) is 2.27. The van der Waals surface area contributed by atoms with Crippen LogP contribution in [0.3, 0.4) is 0 Å². The number of amides is 1. The summed E-state index contributed by atoms with van der Waals surface area (Å²) in [6.45, 7) is 4.90. The van der Waals surface area contributed by atoms with Crippen LogP contribution in [0, 0.1) is 5.92 Å². The average Bonchev–Trinajstić information content (AvgIpc) is 3.00. The molecule has 0 N–H and O–H groups in total. The molecule has 0 saturated carbocycles. The quantitative estimate of drug-likeness (QED) is 0.675. The van der Waals surface area contributed by atoms with Crippen molar-refractivity contribution in [3.05, 3.63) is 0 Å². The molecule has 0 aromatic rings. The number of likely N-dealkylation sites (tertiary alicyclic amines) is 2. The molecular weight excluding hydrogens is 232 g/mol. The first-order valence-corrected chi connectivity index (χ1v) is 6.94. The van der Waals surface area contributed by atoms with Crippen molar-refractivity contribution >= 4 is 5.91 Å². The predicted molar refractivity (Wildman–Crippen MR) is 66.1 cm³/mol. The molecule has 3 heterocycles. The van der Waals surface area contributed by atoms with Gasteiger partial charge >= 0.3 is 0 Å². The lowest BCUT2D eigenvalue weighted by Gasteiger charge is -2.38. The van der Waals surface area contributed by atoms with Crippen molar-refractivity contribution in [1.29, 1.82) is 0 Å². The molecule has 1 amide bonds. The molecule has 3 fully saturated rings. The van der Waals surface area contributed by atoms with Crippen molar-refractivity contribution < 1.29 is 14.3 Å². The van der Waals surface area contributed by atoms with E-state index in [4.69, 9.17) is 9.47 Å². The molecule has 0 bridgehead atoms. The largest absolute Gasteiger partial charge is 0.347 e. The molecule has 0 aromatic carbocycles. The number of rotatable bonds is 1. The highest BCUT2D eigenvalue weighted by Crippen LogP contribution is 2.32. The Balaban J connectivity index is 1.54. The van der Waals surface area contributed by atoms with Crippen LogP contribution in [-0.2, 0) is 14.3 Å². The number of hydrogen-bond donors (Lipinski definition) is 0. The van der Waals surface area contributed by atoms with Crippen molar-refractivity contribution in [2.75, 3.05) is 46.4 Å². The first-order chi connectivity index (χ1) is 8.69. The number of carbonyl (C=O) groups excluding carboxylic acids is 1. The zero-order chi connectivity index (χ0) is 12.6. The molecule has 0 radical (unpaired) electrons. The van der Waals surface area contributed by atoms with E-state index in [-0.39, 0.29) is 11.7 Å². The van der Waals surface area contributed by atoms with Gasteiger partial charge in [0.1, 0.15) is 0 Å². The minimum Gasteiger partial charge on any atom is -0.347 e. The minimum absolute atomic E-state index is 0.203. The van der Waals surface area contributed by atoms with Crippen LogP contribution in [-0.4, -0.2) is 67.9 Å². The van der Waals surface area contributed by atoms with Crippen molar-refractivity contribution in [2.45, 2.75) is 25.0 Å². The molecule has 1 unspecified atom stereocenters. The molecule has 0 aromatic heterocycles. The van der Waals surface area contributed by atoms with Gasteiger partial charge in [-0.1, -0.05) is 0 Å². The Morgan fingerprint density at radius 1 is 1.17 bits per heavy atom. The zero-order valence-electron chi connectivity index (χ0n) is 11.1. The van der Waals surface area contributed by atoms with Crippen molar-refractivity contribution in [2.24, 2.45) is 5.92 Å². The molecule has 18 heavy (non-hydrogen) atoms. The van der Waals surface area contributed by atoms with Crippen LogP contribution in [0.5, 0.6) is 0 Å². The molecule has 3 rings (SSSR count). The highest BCUT2D eigenvalue weighted by molar-refractivity contribution is 5.79. The first-order valence-electron chi connectivity index (χ1n) is 6.94. The second-order valence-electron chi connectivity index (χ2n) is 5.68. The van der Waals surface area contributed by atoms with Gasteiger partial charge in [0.05, 0.1) is 19.1 Å². The van der Waals surface area contributed by atoms with Gasteiger partial charge < -0.3 is 19.3 Å². The van der Waals surface area contributed by atoms with Gasteiger partial charge in [-0.05, 0) is 20.0 Å². The Morgan fingerprint density at radius 2 is 1.83 bits per heavy atom. The Bertz CT molecular complexity index is 318. The summed E-state index contributed by atoms with van der Waals surface area (Å²) in [6, 6.07) is 0. The average molecular weight is 254 g/mol. The molecule has 3 aliphatic rings. The SMILES string of the molecule is CN1CCC(C(=O)N2CCC3(CC2)OCCO3)C1. The van der Waals surface area contributed by atoms with E-state index in [2.05, 4.69) is 11.9 Å². The molecule has 102 valence electrons. The van der Waals surface area contributed by atoms with Crippen LogP contribution in [0.15, 0.2) is 0 Å².